The van der Waals surface area contributed by atoms with Crippen molar-refractivity contribution in [1.82, 2.24) is 15.0 Å². The van der Waals surface area contributed by atoms with E-state index in [1.54, 1.807) is 18.2 Å². The normalized spacial score (nSPS) is 10.9. The van der Waals surface area contributed by atoms with E-state index in [0.29, 0.717) is 28.5 Å². The highest BCUT2D eigenvalue weighted by Crippen LogP contribution is 2.35. The Hall–Kier alpha value is -6.47. The van der Waals surface area contributed by atoms with Gasteiger partial charge in [0.05, 0.1) is 0 Å². The Morgan fingerprint density at radius 3 is 0.902 bits per heavy atom. The van der Waals surface area contributed by atoms with Gasteiger partial charge in [-0.25, -0.2) is 15.0 Å². The molecule has 0 spiro atoms. The van der Waals surface area contributed by atoms with Crippen molar-refractivity contribution in [3.63, 3.8) is 0 Å². The van der Waals surface area contributed by atoms with Gasteiger partial charge in [-0.2, -0.15) is 0 Å². The van der Waals surface area contributed by atoms with E-state index >= 15 is 0 Å². The van der Waals surface area contributed by atoms with Crippen LogP contribution < -0.4 is 5.46 Å². The molecule has 8 rings (SSSR count). The van der Waals surface area contributed by atoms with Gasteiger partial charge < -0.3 is 10.0 Å². The summed E-state index contributed by atoms with van der Waals surface area (Å²) in [5, 5.41) is 20.0. The first-order valence-corrected chi connectivity index (χ1v) is 16.8. The summed E-state index contributed by atoms with van der Waals surface area (Å²) >= 11 is 0. The van der Waals surface area contributed by atoms with Crippen molar-refractivity contribution in [2.75, 3.05) is 0 Å². The van der Waals surface area contributed by atoms with Crippen molar-refractivity contribution in [2.24, 2.45) is 0 Å². The summed E-state index contributed by atoms with van der Waals surface area (Å²) in [4.78, 5) is 15.3. The smallest absolute Gasteiger partial charge is 0.423 e. The second kappa shape index (κ2) is 14.2. The Bertz CT molecular complexity index is 2180. The van der Waals surface area contributed by atoms with E-state index in [-0.39, 0.29) is 0 Å². The summed E-state index contributed by atoms with van der Waals surface area (Å²) in [7, 11) is -1.63. The third kappa shape index (κ3) is 7.01. The molecule has 0 aliphatic carbocycles. The Labute approximate surface area is 297 Å². The number of aromatic nitrogens is 3. The fourth-order valence-electron chi connectivity index (χ4n) is 6.30. The van der Waals surface area contributed by atoms with Crippen LogP contribution in [0, 0.1) is 0 Å². The van der Waals surface area contributed by atoms with Crippen LogP contribution in [-0.4, -0.2) is 32.1 Å². The maximum absolute atomic E-state index is 10.0. The van der Waals surface area contributed by atoms with Crippen LogP contribution in [0.25, 0.3) is 78.7 Å². The molecule has 0 saturated carbocycles. The molecule has 0 amide bonds. The minimum Gasteiger partial charge on any atom is -0.423 e. The van der Waals surface area contributed by atoms with Gasteiger partial charge in [0.15, 0.2) is 17.5 Å². The fourth-order valence-corrected chi connectivity index (χ4v) is 6.30. The number of nitrogens with zero attached hydrogens (tertiary/aromatic N) is 3. The SMILES string of the molecule is OB(O)c1cccc(-c2nc(-c3cc(-c4ccccc4)cc(-c4ccccc4)c3)nc(-c3cc(-c4ccccc4)cc(-c4ccccc4)c3)n2)c1. The van der Waals surface area contributed by atoms with Crippen LogP contribution in [0.5, 0.6) is 0 Å². The summed E-state index contributed by atoms with van der Waals surface area (Å²) in [5.74, 6) is 1.44. The molecular weight excluding hydrogens is 625 g/mol. The quantitative estimate of drug-likeness (QED) is 0.159. The Balaban J connectivity index is 1.38. The summed E-state index contributed by atoms with van der Waals surface area (Å²) in [6, 6.07) is 61.1. The largest absolute Gasteiger partial charge is 0.488 e. The fraction of sp³-hybridized carbons (Fsp3) is 0. The second-order valence-electron chi connectivity index (χ2n) is 12.4. The Kier molecular flexibility index (Phi) is 8.84. The predicted octanol–water partition coefficient (Wildman–Crippen LogP) is 9.22. The molecule has 242 valence electrons. The van der Waals surface area contributed by atoms with Gasteiger partial charge in [-0.15, -0.1) is 0 Å². The van der Waals surface area contributed by atoms with Crippen LogP contribution in [0.4, 0.5) is 0 Å². The van der Waals surface area contributed by atoms with Gasteiger partial charge >= 0.3 is 7.12 Å². The lowest BCUT2D eigenvalue weighted by atomic mass is 9.79. The van der Waals surface area contributed by atoms with E-state index in [4.69, 9.17) is 15.0 Å². The highest BCUT2D eigenvalue weighted by molar-refractivity contribution is 6.58. The molecule has 7 aromatic carbocycles. The standard InChI is InChI=1S/C45H32BN3O2/c50-46(51)42-23-13-22-35(30-42)43-47-44(40-26-36(31-14-5-1-6-15-31)24-37(27-40)32-16-7-2-8-17-32)49-45(48-43)41-28-38(33-18-9-3-10-19-33)25-39(29-41)34-20-11-4-12-21-34/h1-30,50-51H. The molecule has 0 radical (unpaired) electrons. The summed E-state index contributed by atoms with van der Waals surface area (Å²) in [5.41, 5.74) is 11.2. The highest BCUT2D eigenvalue weighted by Gasteiger charge is 2.18. The molecule has 2 N–H and O–H groups in total. The van der Waals surface area contributed by atoms with Crippen LogP contribution >= 0.6 is 0 Å². The van der Waals surface area contributed by atoms with Crippen molar-refractivity contribution in [1.29, 1.82) is 0 Å². The van der Waals surface area contributed by atoms with Crippen LogP contribution in [0.1, 0.15) is 0 Å². The topological polar surface area (TPSA) is 79.1 Å². The average molecular weight is 658 g/mol. The average Bonchev–Trinajstić information content (AvgIpc) is 3.21. The van der Waals surface area contributed by atoms with Crippen molar-refractivity contribution >= 4 is 12.6 Å². The maximum atomic E-state index is 10.0. The Morgan fingerprint density at radius 2 is 0.569 bits per heavy atom. The van der Waals surface area contributed by atoms with E-state index in [2.05, 4.69) is 84.9 Å². The monoisotopic (exact) mass is 657 g/mol. The van der Waals surface area contributed by atoms with Crippen molar-refractivity contribution < 1.29 is 10.0 Å². The molecule has 1 aromatic heterocycles. The molecule has 1 heterocycles. The lowest BCUT2D eigenvalue weighted by Crippen LogP contribution is -2.29. The molecular formula is C45H32BN3O2. The minimum atomic E-state index is -1.63. The maximum Gasteiger partial charge on any atom is 0.488 e. The molecule has 0 bridgehead atoms. The summed E-state index contributed by atoms with van der Waals surface area (Å²) in [6.45, 7) is 0. The zero-order chi connectivity index (χ0) is 34.6. The third-order valence-corrected chi connectivity index (χ3v) is 8.89. The van der Waals surface area contributed by atoms with Crippen LogP contribution in [0.3, 0.4) is 0 Å². The predicted molar refractivity (Wildman–Crippen MR) is 208 cm³/mol. The molecule has 0 saturated heterocycles. The van der Waals surface area contributed by atoms with Crippen LogP contribution in [-0.2, 0) is 0 Å². The minimum absolute atomic E-state index is 0.353. The van der Waals surface area contributed by atoms with Gasteiger partial charge in [0, 0.05) is 16.7 Å². The lowest BCUT2D eigenvalue weighted by Gasteiger charge is -2.14. The van der Waals surface area contributed by atoms with E-state index in [1.165, 1.54) is 0 Å². The van der Waals surface area contributed by atoms with Crippen molar-refractivity contribution in [3.05, 3.63) is 182 Å². The first-order valence-electron chi connectivity index (χ1n) is 16.8. The van der Waals surface area contributed by atoms with E-state index in [9.17, 15) is 10.0 Å². The molecule has 6 heteroatoms. The van der Waals surface area contributed by atoms with Gasteiger partial charge in [-0.1, -0.05) is 146 Å². The molecule has 5 nitrogen and oxygen atoms in total. The zero-order valence-corrected chi connectivity index (χ0v) is 27.6. The van der Waals surface area contributed by atoms with Crippen LogP contribution in [0.15, 0.2) is 182 Å². The highest BCUT2D eigenvalue weighted by atomic mass is 16.4. The van der Waals surface area contributed by atoms with Gasteiger partial charge in [-0.05, 0) is 86.4 Å². The lowest BCUT2D eigenvalue weighted by molar-refractivity contribution is 0.426. The first-order chi connectivity index (χ1) is 25.1. The van der Waals surface area contributed by atoms with E-state index in [1.807, 2.05) is 78.9 Å². The molecule has 0 fully saturated rings. The molecule has 0 atom stereocenters. The number of benzene rings is 7. The molecule has 0 aliphatic heterocycles. The number of hydrogen-bond donors (Lipinski definition) is 2. The zero-order valence-electron chi connectivity index (χ0n) is 27.6. The summed E-state index contributed by atoms with van der Waals surface area (Å²) < 4.78 is 0. The van der Waals surface area contributed by atoms with Gasteiger partial charge in [0.1, 0.15) is 0 Å². The van der Waals surface area contributed by atoms with Gasteiger partial charge in [-0.3, -0.25) is 0 Å². The molecule has 0 aliphatic rings. The molecule has 8 aromatic rings. The van der Waals surface area contributed by atoms with E-state index in [0.717, 1.165) is 55.6 Å². The van der Waals surface area contributed by atoms with E-state index < -0.39 is 7.12 Å². The summed E-state index contributed by atoms with van der Waals surface area (Å²) in [6.07, 6.45) is 0. The number of rotatable bonds is 8. The molecule has 0 unspecified atom stereocenters. The third-order valence-electron chi connectivity index (χ3n) is 8.89. The Morgan fingerprint density at radius 1 is 0.275 bits per heavy atom. The second-order valence-corrected chi connectivity index (χ2v) is 12.4. The van der Waals surface area contributed by atoms with Gasteiger partial charge in [0.2, 0.25) is 0 Å². The van der Waals surface area contributed by atoms with Crippen LogP contribution in [0.2, 0.25) is 0 Å². The van der Waals surface area contributed by atoms with Crippen molar-refractivity contribution in [2.45, 2.75) is 0 Å². The van der Waals surface area contributed by atoms with Gasteiger partial charge in [0.25, 0.3) is 0 Å². The number of hydrogen-bond acceptors (Lipinski definition) is 5. The molecule has 51 heavy (non-hydrogen) atoms. The first kappa shape index (κ1) is 31.8. The van der Waals surface area contributed by atoms with Crippen molar-refractivity contribution in [3.8, 4) is 78.7 Å².